The molecule has 0 saturated carbocycles. The van der Waals surface area contributed by atoms with E-state index in [0.29, 0.717) is 15.2 Å². The van der Waals surface area contributed by atoms with Gasteiger partial charge in [-0.15, -0.1) is 11.3 Å². The number of hydrogen-bond acceptors (Lipinski definition) is 4. The molecule has 0 aliphatic carbocycles. The topological polar surface area (TPSA) is 49.4 Å². The highest BCUT2D eigenvalue weighted by Gasteiger charge is 2.22. The van der Waals surface area contributed by atoms with Crippen molar-refractivity contribution in [2.45, 2.75) is 11.4 Å². The van der Waals surface area contributed by atoms with Crippen LogP contribution < -0.4 is 5.32 Å². The Kier molecular flexibility index (Phi) is 4.30. The lowest BCUT2D eigenvalue weighted by molar-refractivity contribution is 0.520. The molecular formula is C8H13BrN2O2S2. The number of nitrogens with zero attached hydrogens (tertiary/aromatic N) is 1. The predicted octanol–water partition coefficient (Wildman–Crippen LogP) is 1.48. The molecule has 0 amide bonds. The van der Waals surface area contributed by atoms with E-state index in [2.05, 4.69) is 21.2 Å². The average Bonchev–Trinajstić information content (AvgIpc) is 2.47. The summed E-state index contributed by atoms with van der Waals surface area (Å²) in [5.41, 5.74) is 0. The van der Waals surface area contributed by atoms with Gasteiger partial charge < -0.3 is 5.32 Å². The van der Waals surface area contributed by atoms with Crippen LogP contribution in [0.1, 0.15) is 4.88 Å². The van der Waals surface area contributed by atoms with Crippen LogP contribution in [0.25, 0.3) is 0 Å². The normalized spacial score (nSPS) is 12.3. The molecule has 15 heavy (non-hydrogen) atoms. The van der Waals surface area contributed by atoms with Gasteiger partial charge >= 0.3 is 0 Å². The van der Waals surface area contributed by atoms with Crippen molar-refractivity contribution in [3.05, 3.63) is 14.7 Å². The minimum atomic E-state index is -3.34. The van der Waals surface area contributed by atoms with Crippen molar-refractivity contribution in [2.75, 3.05) is 21.1 Å². The molecular weight excluding hydrogens is 300 g/mol. The van der Waals surface area contributed by atoms with Gasteiger partial charge in [-0.1, -0.05) is 0 Å². The Bertz CT molecular complexity index is 439. The Labute approximate surface area is 102 Å². The maximum atomic E-state index is 11.9. The zero-order valence-corrected chi connectivity index (χ0v) is 12.0. The van der Waals surface area contributed by atoms with Gasteiger partial charge in [-0.25, -0.2) is 12.7 Å². The van der Waals surface area contributed by atoms with Crippen LogP contribution in [0.4, 0.5) is 0 Å². The van der Waals surface area contributed by atoms with Crippen molar-refractivity contribution in [3.63, 3.8) is 0 Å². The second-order valence-electron chi connectivity index (χ2n) is 3.17. The summed E-state index contributed by atoms with van der Waals surface area (Å²) in [6.07, 6.45) is 0. The minimum absolute atomic E-state index is 0.336. The van der Waals surface area contributed by atoms with E-state index in [9.17, 15) is 8.42 Å². The van der Waals surface area contributed by atoms with Crippen molar-refractivity contribution < 1.29 is 8.42 Å². The zero-order valence-electron chi connectivity index (χ0n) is 8.74. The van der Waals surface area contributed by atoms with E-state index in [-0.39, 0.29) is 0 Å². The molecule has 0 radical (unpaired) electrons. The third-order valence-corrected chi connectivity index (χ3v) is 5.88. The van der Waals surface area contributed by atoms with Crippen LogP contribution in [-0.2, 0) is 16.6 Å². The maximum Gasteiger partial charge on any atom is 0.244 e. The van der Waals surface area contributed by atoms with E-state index in [1.807, 2.05) is 7.05 Å². The first kappa shape index (κ1) is 13.1. The fraction of sp³-hybridized carbons (Fsp3) is 0.500. The van der Waals surface area contributed by atoms with E-state index in [0.717, 1.165) is 4.88 Å². The largest absolute Gasteiger partial charge is 0.315 e. The number of nitrogens with one attached hydrogen (secondary N) is 1. The van der Waals surface area contributed by atoms with E-state index in [4.69, 9.17) is 0 Å². The predicted molar refractivity (Wildman–Crippen MR) is 65.7 cm³/mol. The number of halogens is 1. The quantitative estimate of drug-likeness (QED) is 0.916. The molecule has 1 N–H and O–H groups in total. The molecule has 1 aromatic rings. The van der Waals surface area contributed by atoms with Gasteiger partial charge in [-0.3, -0.25) is 0 Å². The van der Waals surface area contributed by atoms with Crippen LogP contribution in [0.2, 0.25) is 0 Å². The van der Waals surface area contributed by atoms with Gasteiger partial charge in [0.1, 0.15) is 4.90 Å². The van der Waals surface area contributed by atoms with Gasteiger partial charge in [0.2, 0.25) is 10.0 Å². The Morgan fingerprint density at radius 3 is 2.60 bits per heavy atom. The lowest BCUT2D eigenvalue weighted by Gasteiger charge is -2.09. The molecule has 1 heterocycles. The third kappa shape index (κ3) is 2.79. The summed E-state index contributed by atoms with van der Waals surface area (Å²) >= 11 is 4.71. The van der Waals surface area contributed by atoms with E-state index >= 15 is 0 Å². The molecule has 1 aromatic heterocycles. The molecule has 0 unspecified atom stereocenters. The first-order chi connectivity index (χ1) is 6.89. The highest BCUT2D eigenvalue weighted by atomic mass is 79.9. The molecule has 0 saturated heterocycles. The molecule has 0 spiro atoms. The second-order valence-corrected chi connectivity index (χ2v) is 7.74. The van der Waals surface area contributed by atoms with Crippen LogP contribution in [-0.4, -0.2) is 33.9 Å². The van der Waals surface area contributed by atoms with Gasteiger partial charge in [0.25, 0.3) is 0 Å². The Balaban J connectivity index is 3.16. The molecule has 0 aliphatic rings. The van der Waals surface area contributed by atoms with Crippen molar-refractivity contribution in [1.29, 1.82) is 0 Å². The summed E-state index contributed by atoms with van der Waals surface area (Å²) in [5, 5.41) is 2.99. The van der Waals surface area contributed by atoms with Crippen LogP contribution in [0.3, 0.4) is 0 Å². The van der Waals surface area contributed by atoms with E-state index < -0.39 is 10.0 Å². The number of sulfonamides is 1. The summed E-state index contributed by atoms with van der Waals surface area (Å²) in [4.78, 5) is 1.33. The first-order valence-electron chi connectivity index (χ1n) is 4.25. The molecule has 0 aromatic carbocycles. The molecule has 1 rings (SSSR count). The van der Waals surface area contributed by atoms with Gasteiger partial charge in [-0.2, -0.15) is 0 Å². The summed E-state index contributed by atoms with van der Waals surface area (Å²) < 4.78 is 25.6. The molecule has 0 bridgehead atoms. The van der Waals surface area contributed by atoms with Crippen molar-refractivity contribution in [3.8, 4) is 0 Å². The van der Waals surface area contributed by atoms with Crippen molar-refractivity contribution >= 4 is 37.3 Å². The van der Waals surface area contributed by atoms with Crippen molar-refractivity contribution in [1.82, 2.24) is 9.62 Å². The molecule has 4 nitrogen and oxygen atoms in total. The summed E-state index contributed by atoms with van der Waals surface area (Å²) in [6, 6.07) is 1.70. The van der Waals surface area contributed by atoms with Crippen LogP contribution >= 0.6 is 27.3 Å². The van der Waals surface area contributed by atoms with E-state index in [1.54, 1.807) is 6.07 Å². The monoisotopic (exact) mass is 312 g/mol. The zero-order chi connectivity index (χ0) is 11.6. The summed E-state index contributed by atoms with van der Waals surface area (Å²) in [6.45, 7) is 0.673. The number of hydrogen-bond donors (Lipinski definition) is 1. The van der Waals surface area contributed by atoms with Gasteiger partial charge in [0, 0.05) is 25.5 Å². The lowest BCUT2D eigenvalue weighted by Crippen LogP contribution is -2.22. The van der Waals surface area contributed by atoms with Crippen LogP contribution in [0.5, 0.6) is 0 Å². The van der Waals surface area contributed by atoms with Gasteiger partial charge in [-0.05, 0) is 29.0 Å². The summed E-state index contributed by atoms with van der Waals surface area (Å²) in [5.74, 6) is 0. The minimum Gasteiger partial charge on any atom is -0.315 e. The average molecular weight is 313 g/mol. The highest BCUT2D eigenvalue weighted by molar-refractivity contribution is 9.11. The Morgan fingerprint density at radius 2 is 2.13 bits per heavy atom. The second kappa shape index (κ2) is 4.92. The fourth-order valence-corrected chi connectivity index (χ4v) is 4.57. The van der Waals surface area contributed by atoms with Crippen LogP contribution in [0.15, 0.2) is 14.7 Å². The maximum absolute atomic E-state index is 11.9. The number of thiophene rings is 1. The fourth-order valence-electron chi connectivity index (χ4n) is 1.03. The molecule has 0 aliphatic heterocycles. The van der Waals surface area contributed by atoms with Gasteiger partial charge in [0.05, 0.1) is 3.79 Å². The molecule has 0 atom stereocenters. The SMILES string of the molecule is CNCc1cc(S(=O)(=O)N(C)C)c(Br)s1. The highest BCUT2D eigenvalue weighted by Crippen LogP contribution is 2.32. The van der Waals surface area contributed by atoms with Crippen molar-refractivity contribution in [2.24, 2.45) is 0 Å². The first-order valence-corrected chi connectivity index (χ1v) is 7.30. The Morgan fingerprint density at radius 1 is 1.53 bits per heavy atom. The molecule has 0 fully saturated rings. The standard InChI is InChI=1S/C8H13BrN2O2S2/c1-10-5-6-4-7(8(9)14-6)15(12,13)11(2)3/h4,10H,5H2,1-3H3. The number of rotatable bonds is 4. The Hall–Kier alpha value is 0.0500. The lowest BCUT2D eigenvalue weighted by atomic mass is 10.5. The smallest absolute Gasteiger partial charge is 0.244 e. The van der Waals surface area contributed by atoms with Crippen LogP contribution in [0, 0.1) is 0 Å². The third-order valence-electron chi connectivity index (χ3n) is 1.82. The molecule has 86 valence electrons. The van der Waals surface area contributed by atoms with Gasteiger partial charge in [0.15, 0.2) is 0 Å². The van der Waals surface area contributed by atoms with E-state index in [1.165, 1.54) is 29.7 Å². The molecule has 7 heteroatoms. The summed E-state index contributed by atoms with van der Waals surface area (Å²) in [7, 11) is 1.54.